The quantitative estimate of drug-likeness (QED) is 0.677. The fourth-order valence-electron chi connectivity index (χ4n) is 5.22. The second-order valence-corrected chi connectivity index (χ2v) is 6.82. The van der Waals surface area contributed by atoms with E-state index in [1.165, 1.54) is 37.8 Å². The molecule has 3 fully saturated rings. The zero-order valence-electron chi connectivity index (χ0n) is 11.8. The van der Waals surface area contributed by atoms with Gasteiger partial charge in [0.15, 0.2) is 0 Å². The van der Waals surface area contributed by atoms with E-state index in [2.05, 4.69) is 5.32 Å². The minimum Gasteiger partial charge on any atom is -0.376 e. The van der Waals surface area contributed by atoms with Gasteiger partial charge in [0.1, 0.15) is 11.5 Å². The summed E-state index contributed by atoms with van der Waals surface area (Å²) in [5.74, 6) is 2.63. The summed E-state index contributed by atoms with van der Waals surface area (Å²) < 4.78 is 13.4. The second-order valence-electron chi connectivity index (χ2n) is 6.82. The maximum Gasteiger partial charge on any atom is 0.292 e. The lowest BCUT2D eigenvalue weighted by atomic mass is 9.79. The van der Waals surface area contributed by atoms with Crippen LogP contribution in [0.3, 0.4) is 0 Å². The van der Waals surface area contributed by atoms with Crippen molar-refractivity contribution in [2.24, 2.45) is 23.7 Å². The van der Waals surface area contributed by atoms with Crippen molar-refractivity contribution in [1.82, 2.24) is 0 Å². The van der Waals surface area contributed by atoms with E-state index in [1.54, 1.807) is 0 Å². The van der Waals surface area contributed by atoms with Gasteiger partial charge in [0, 0.05) is 18.2 Å². The summed E-state index contributed by atoms with van der Waals surface area (Å²) in [5.41, 5.74) is 0.314. The topological polar surface area (TPSA) is 55.2 Å². The van der Waals surface area contributed by atoms with Crippen LogP contribution in [0.2, 0.25) is 0 Å². The molecule has 0 saturated heterocycles. The van der Waals surface area contributed by atoms with Gasteiger partial charge in [-0.3, -0.25) is 10.1 Å². The van der Waals surface area contributed by atoms with Crippen molar-refractivity contribution in [2.45, 2.75) is 38.1 Å². The molecular formula is C16H19FN2O2. The van der Waals surface area contributed by atoms with Crippen LogP contribution in [0, 0.1) is 39.6 Å². The van der Waals surface area contributed by atoms with E-state index in [0.717, 1.165) is 30.2 Å². The molecule has 5 atom stereocenters. The molecule has 3 aliphatic carbocycles. The van der Waals surface area contributed by atoms with Crippen molar-refractivity contribution in [2.75, 3.05) is 5.32 Å². The van der Waals surface area contributed by atoms with Crippen molar-refractivity contribution < 1.29 is 9.31 Å². The van der Waals surface area contributed by atoms with Gasteiger partial charge in [-0.05, 0) is 55.4 Å². The van der Waals surface area contributed by atoms with Gasteiger partial charge in [0.05, 0.1) is 4.92 Å². The largest absolute Gasteiger partial charge is 0.376 e. The van der Waals surface area contributed by atoms with Crippen molar-refractivity contribution >= 4 is 11.4 Å². The summed E-state index contributed by atoms with van der Waals surface area (Å²) in [4.78, 5) is 10.7. The Morgan fingerprint density at radius 2 is 2.00 bits per heavy atom. The van der Waals surface area contributed by atoms with Gasteiger partial charge in [-0.15, -0.1) is 0 Å². The number of rotatable bonds is 3. The first-order valence-electron chi connectivity index (χ1n) is 7.84. The number of benzene rings is 1. The van der Waals surface area contributed by atoms with E-state index in [4.69, 9.17) is 0 Å². The third-order valence-electron chi connectivity index (χ3n) is 5.92. The smallest absolute Gasteiger partial charge is 0.292 e. The predicted octanol–water partition coefficient (Wildman–Crippen LogP) is 3.97. The van der Waals surface area contributed by atoms with Gasteiger partial charge >= 0.3 is 0 Å². The number of nitro groups is 1. The Kier molecular flexibility index (Phi) is 2.91. The summed E-state index contributed by atoms with van der Waals surface area (Å²) in [6, 6.07) is 3.94. The van der Waals surface area contributed by atoms with Crippen LogP contribution in [0.15, 0.2) is 18.2 Å². The van der Waals surface area contributed by atoms with E-state index in [1.807, 2.05) is 0 Å². The highest BCUT2D eigenvalue weighted by Crippen LogP contribution is 2.59. The molecule has 1 aromatic carbocycles. The molecule has 0 spiro atoms. The second kappa shape index (κ2) is 4.68. The summed E-state index contributed by atoms with van der Waals surface area (Å²) in [5, 5.41) is 14.4. The van der Waals surface area contributed by atoms with E-state index in [0.29, 0.717) is 11.6 Å². The van der Waals surface area contributed by atoms with Crippen molar-refractivity contribution in [3.05, 3.63) is 34.1 Å². The predicted molar refractivity (Wildman–Crippen MR) is 77.5 cm³/mol. The molecule has 5 heteroatoms. The van der Waals surface area contributed by atoms with Crippen molar-refractivity contribution in [3.8, 4) is 0 Å². The Bertz CT molecular complexity index is 592. The van der Waals surface area contributed by atoms with Crippen LogP contribution in [0.5, 0.6) is 0 Å². The molecule has 1 aromatic rings. The minimum absolute atomic E-state index is 0.0258. The molecule has 3 saturated carbocycles. The van der Waals surface area contributed by atoms with Crippen LogP contribution in [-0.2, 0) is 0 Å². The molecule has 0 amide bonds. The standard InChI is InChI=1S/C16H19FN2O2/c17-10-4-5-16(19(20)21)15(8-10)18-14-7-9-6-13(14)12-3-1-2-11(9)12/h4-5,8-9,11-14,18H,1-3,6-7H2. The van der Waals surface area contributed by atoms with Crippen LogP contribution in [-0.4, -0.2) is 11.0 Å². The first kappa shape index (κ1) is 13.0. The monoisotopic (exact) mass is 290 g/mol. The normalized spacial score (nSPS) is 36.7. The van der Waals surface area contributed by atoms with Gasteiger partial charge < -0.3 is 5.32 Å². The Morgan fingerprint density at radius 3 is 2.81 bits per heavy atom. The number of fused-ring (bicyclic) bond motifs is 5. The first-order chi connectivity index (χ1) is 10.1. The van der Waals surface area contributed by atoms with Gasteiger partial charge in [0.25, 0.3) is 5.69 Å². The van der Waals surface area contributed by atoms with E-state index in [9.17, 15) is 14.5 Å². The van der Waals surface area contributed by atoms with Crippen LogP contribution < -0.4 is 5.32 Å². The maximum atomic E-state index is 13.4. The molecule has 4 rings (SSSR count). The molecule has 21 heavy (non-hydrogen) atoms. The third kappa shape index (κ3) is 2.01. The average molecular weight is 290 g/mol. The van der Waals surface area contributed by atoms with Gasteiger partial charge in [-0.1, -0.05) is 6.42 Å². The van der Waals surface area contributed by atoms with E-state index < -0.39 is 10.7 Å². The molecule has 3 aliphatic rings. The SMILES string of the molecule is O=[N+]([O-])c1ccc(F)cc1NC1CC2CC1C1CCCC21. The van der Waals surface area contributed by atoms with Crippen molar-refractivity contribution in [1.29, 1.82) is 0 Å². The Hall–Kier alpha value is -1.65. The summed E-state index contributed by atoms with van der Waals surface area (Å²) >= 11 is 0. The van der Waals surface area contributed by atoms with Crippen LogP contribution in [0.25, 0.3) is 0 Å². The number of hydrogen-bond donors (Lipinski definition) is 1. The Labute approximate surface area is 122 Å². The lowest BCUT2D eigenvalue weighted by Crippen LogP contribution is -2.34. The molecule has 5 unspecified atom stereocenters. The molecule has 0 radical (unpaired) electrons. The molecule has 112 valence electrons. The Morgan fingerprint density at radius 1 is 1.19 bits per heavy atom. The highest BCUT2D eigenvalue weighted by molar-refractivity contribution is 5.62. The molecule has 0 heterocycles. The molecule has 0 aliphatic heterocycles. The number of nitrogens with one attached hydrogen (secondary N) is 1. The molecular weight excluding hydrogens is 271 g/mol. The fourth-order valence-corrected chi connectivity index (χ4v) is 5.22. The highest BCUT2D eigenvalue weighted by atomic mass is 19.1. The van der Waals surface area contributed by atoms with Crippen LogP contribution in [0.1, 0.15) is 32.1 Å². The first-order valence-corrected chi connectivity index (χ1v) is 7.84. The van der Waals surface area contributed by atoms with E-state index >= 15 is 0 Å². The summed E-state index contributed by atoms with van der Waals surface area (Å²) in [7, 11) is 0. The summed E-state index contributed by atoms with van der Waals surface area (Å²) in [6.45, 7) is 0. The Balaban J connectivity index is 1.57. The van der Waals surface area contributed by atoms with Crippen LogP contribution >= 0.6 is 0 Å². The number of halogens is 1. The minimum atomic E-state index is -0.437. The van der Waals surface area contributed by atoms with Gasteiger partial charge in [-0.25, -0.2) is 4.39 Å². The zero-order valence-corrected chi connectivity index (χ0v) is 11.8. The van der Waals surface area contributed by atoms with E-state index in [-0.39, 0.29) is 11.7 Å². The fraction of sp³-hybridized carbons (Fsp3) is 0.625. The lowest BCUT2D eigenvalue weighted by Gasteiger charge is -2.32. The number of nitro benzene ring substituents is 1. The zero-order chi connectivity index (χ0) is 14.6. The number of hydrogen-bond acceptors (Lipinski definition) is 3. The lowest BCUT2D eigenvalue weighted by molar-refractivity contribution is -0.384. The summed E-state index contributed by atoms with van der Waals surface area (Å²) in [6.07, 6.45) is 6.32. The van der Waals surface area contributed by atoms with Gasteiger partial charge in [-0.2, -0.15) is 0 Å². The number of anilines is 1. The van der Waals surface area contributed by atoms with Gasteiger partial charge in [0.2, 0.25) is 0 Å². The maximum absolute atomic E-state index is 13.4. The molecule has 0 aromatic heterocycles. The molecule has 2 bridgehead atoms. The molecule has 1 N–H and O–H groups in total. The van der Waals surface area contributed by atoms with Crippen LogP contribution in [0.4, 0.5) is 15.8 Å². The molecule has 4 nitrogen and oxygen atoms in total. The number of nitrogens with zero attached hydrogens (tertiary/aromatic N) is 1. The third-order valence-corrected chi connectivity index (χ3v) is 5.92. The van der Waals surface area contributed by atoms with Crippen molar-refractivity contribution in [3.63, 3.8) is 0 Å². The highest BCUT2D eigenvalue weighted by Gasteiger charge is 2.53. The average Bonchev–Trinajstić information content (AvgIpc) is 3.09.